The lowest BCUT2D eigenvalue weighted by molar-refractivity contribution is 0.288. The summed E-state index contributed by atoms with van der Waals surface area (Å²) in [6.45, 7) is 7.11. The summed E-state index contributed by atoms with van der Waals surface area (Å²) in [7, 11) is 0. The fourth-order valence-electron chi connectivity index (χ4n) is 1.36. The van der Waals surface area contributed by atoms with Gasteiger partial charge in [0.2, 0.25) is 0 Å². The molecule has 0 saturated carbocycles. The van der Waals surface area contributed by atoms with Crippen molar-refractivity contribution in [3.05, 3.63) is 24.0 Å². The molecule has 0 aliphatic rings. The topological polar surface area (TPSA) is 48.1 Å². The van der Waals surface area contributed by atoms with Crippen molar-refractivity contribution in [2.45, 2.75) is 39.7 Å². The van der Waals surface area contributed by atoms with Gasteiger partial charge in [-0.25, -0.2) is 0 Å². The zero-order chi connectivity index (χ0) is 12.0. The summed E-state index contributed by atoms with van der Waals surface area (Å²) in [5, 5.41) is 0. The van der Waals surface area contributed by atoms with Crippen LogP contribution in [0.3, 0.4) is 0 Å². The van der Waals surface area contributed by atoms with Gasteiger partial charge in [0.15, 0.2) is 0 Å². The molecule has 16 heavy (non-hydrogen) atoms. The van der Waals surface area contributed by atoms with Crippen molar-refractivity contribution in [3.8, 4) is 5.75 Å². The molecule has 0 spiro atoms. The van der Waals surface area contributed by atoms with Crippen molar-refractivity contribution >= 4 is 0 Å². The molecule has 1 aromatic heterocycles. The Morgan fingerprint density at radius 2 is 2.06 bits per heavy atom. The molecule has 1 unspecified atom stereocenters. The molecule has 1 heterocycles. The predicted molar refractivity (Wildman–Crippen MR) is 66.5 cm³/mol. The Labute approximate surface area is 98.0 Å². The summed E-state index contributed by atoms with van der Waals surface area (Å²) >= 11 is 0. The minimum atomic E-state index is 0.153. The first-order valence-corrected chi connectivity index (χ1v) is 5.91. The minimum absolute atomic E-state index is 0.153. The van der Waals surface area contributed by atoms with E-state index in [4.69, 9.17) is 10.5 Å². The third-order valence-electron chi connectivity index (χ3n) is 2.29. The second kappa shape index (κ2) is 6.48. The Morgan fingerprint density at radius 1 is 1.31 bits per heavy atom. The molecule has 3 nitrogen and oxygen atoms in total. The van der Waals surface area contributed by atoms with Gasteiger partial charge in [0.05, 0.1) is 12.8 Å². The summed E-state index contributed by atoms with van der Waals surface area (Å²) in [5.74, 6) is 1.51. The Balaban J connectivity index is 2.39. The molecule has 0 aliphatic carbocycles. The second-order valence-electron chi connectivity index (χ2n) is 4.70. The largest absolute Gasteiger partial charge is 0.492 e. The van der Waals surface area contributed by atoms with Crippen molar-refractivity contribution in [2.75, 3.05) is 6.61 Å². The highest BCUT2D eigenvalue weighted by atomic mass is 16.5. The third-order valence-corrected chi connectivity index (χ3v) is 2.29. The van der Waals surface area contributed by atoms with Gasteiger partial charge in [-0.15, -0.1) is 0 Å². The van der Waals surface area contributed by atoms with E-state index >= 15 is 0 Å². The van der Waals surface area contributed by atoms with Crippen LogP contribution in [0.1, 0.15) is 32.9 Å². The highest BCUT2D eigenvalue weighted by Gasteiger charge is 2.01. The molecule has 0 amide bonds. The van der Waals surface area contributed by atoms with Crippen LogP contribution in [0.15, 0.2) is 18.3 Å². The number of aromatic nitrogens is 1. The first-order valence-electron chi connectivity index (χ1n) is 5.91. The van der Waals surface area contributed by atoms with Crippen molar-refractivity contribution in [3.63, 3.8) is 0 Å². The zero-order valence-corrected chi connectivity index (χ0v) is 10.4. The van der Waals surface area contributed by atoms with Crippen LogP contribution in [0, 0.1) is 5.92 Å². The average Bonchev–Trinajstić information content (AvgIpc) is 2.19. The van der Waals surface area contributed by atoms with E-state index in [1.165, 1.54) is 0 Å². The monoisotopic (exact) mass is 222 g/mol. The standard InChI is InChI=1S/C13H22N2O/c1-10(2)6-7-16-13-5-4-12(15-9-13)8-11(3)14/h4-5,9-11H,6-8,14H2,1-3H3. The maximum absolute atomic E-state index is 5.70. The van der Waals surface area contributed by atoms with Gasteiger partial charge >= 0.3 is 0 Å². The van der Waals surface area contributed by atoms with E-state index in [2.05, 4.69) is 18.8 Å². The smallest absolute Gasteiger partial charge is 0.137 e. The average molecular weight is 222 g/mol. The normalized spacial score (nSPS) is 12.8. The Kier molecular flexibility index (Phi) is 5.26. The summed E-state index contributed by atoms with van der Waals surface area (Å²) in [6.07, 6.45) is 3.66. The fourth-order valence-corrected chi connectivity index (χ4v) is 1.36. The van der Waals surface area contributed by atoms with Crippen LogP contribution in [0.5, 0.6) is 5.75 Å². The predicted octanol–water partition coefficient (Wildman–Crippen LogP) is 2.40. The van der Waals surface area contributed by atoms with E-state index in [0.29, 0.717) is 5.92 Å². The number of pyridine rings is 1. The Bertz CT molecular complexity index is 293. The minimum Gasteiger partial charge on any atom is -0.492 e. The molecule has 1 atom stereocenters. The van der Waals surface area contributed by atoms with Crippen LogP contribution in [-0.2, 0) is 6.42 Å². The van der Waals surface area contributed by atoms with E-state index in [9.17, 15) is 0 Å². The lowest BCUT2D eigenvalue weighted by Gasteiger charge is -2.09. The van der Waals surface area contributed by atoms with Crippen molar-refractivity contribution in [2.24, 2.45) is 11.7 Å². The van der Waals surface area contributed by atoms with E-state index < -0.39 is 0 Å². The van der Waals surface area contributed by atoms with Crippen LogP contribution >= 0.6 is 0 Å². The lowest BCUT2D eigenvalue weighted by Crippen LogP contribution is -2.18. The van der Waals surface area contributed by atoms with Gasteiger partial charge in [0, 0.05) is 18.2 Å². The van der Waals surface area contributed by atoms with Crippen molar-refractivity contribution < 1.29 is 4.74 Å². The zero-order valence-electron chi connectivity index (χ0n) is 10.4. The Morgan fingerprint density at radius 3 is 2.56 bits per heavy atom. The van der Waals surface area contributed by atoms with Crippen molar-refractivity contribution in [1.82, 2.24) is 4.98 Å². The van der Waals surface area contributed by atoms with Gasteiger partial charge in [-0.05, 0) is 31.4 Å². The highest BCUT2D eigenvalue weighted by molar-refractivity contribution is 5.20. The second-order valence-corrected chi connectivity index (χ2v) is 4.70. The van der Waals surface area contributed by atoms with Gasteiger partial charge in [-0.1, -0.05) is 13.8 Å². The summed E-state index contributed by atoms with van der Waals surface area (Å²) in [5.41, 5.74) is 6.72. The molecule has 1 aromatic rings. The fraction of sp³-hybridized carbons (Fsp3) is 0.615. The van der Waals surface area contributed by atoms with Gasteiger partial charge in [0.1, 0.15) is 5.75 Å². The van der Waals surface area contributed by atoms with Crippen LogP contribution in [0.2, 0.25) is 0 Å². The van der Waals surface area contributed by atoms with Crippen molar-refractivity contribution in [1.29, 1.82) is 0 Å². The van der Waals surface area contributed by atoms with Crippen LogP contribution in [0.25, 0.3) is 0 Å². The molecule has 0 saturated heterocycles. The maximum Gasteiger partial charge on any atom is 0.137 e. The van der Waals surface area contributed by atoms with Gasteiger partial charge in [-0.2, -0.15) is 0 Å². The molecular formula is C13H22N2O. The number of ether oxygens (including phenoxy) is 1. The summed E-state index contributed by atoms with van der Waals surface area (Å²) in [6, 6.07) is 4.10. The quantitative estimate of drug-likeness (QED) is 0.804. The Hall–Kier alpha value is -1.09. The van der Waals surface area contributed by atoms with Crippen LogP contribution in [-0.4, -0.2) is 17.6 Å². The van der Waals surface area contributed by atoms with E-state index in [0.717, 1.165) is 30.9 Å². The number of rotatable bonds is 6. The molecule has 3 heteroatoms. The van der Waals surface area contributed by atoms with E-state index in [1.807, 2.05) is 19.1 Å². The van der Waals surface area contributed by atoms with E-state index in [1.54, 1.807) is 6.20 Å². The molecule has 0 aromatic carbocycles. The number of hydrogen-bond acceptors (Lipinski definition) is 3. The third kappa shape index (κ3) is 5.12. The van der Waals surface area contributed by atoms with Gasteiger partial charge in [0.25, 0.3) is 0 Å². The first-order chi connectivity index (χ1) is 7.58. The van der Waals surface area contributed by atoms with Crippen LogP contribution < -0.4 is 10.5 Å². The van der Waals surface area contributed by atoms with Crippen LogP contribution in [0.4, 0.5) is 0 Å². The van der Waals surface area contributed by atoms with Gasteiger partial charge < -0.3 is 10.5 Å². The van der Waals surface area contributed by atoms with E-state index in [-0.39, 0.29) is 6.04 Å². The SMILES string of the molecule is CC(C)CCOc1ccc(CC(C)N)nc1. The molecule has 0 aliphatic heterocycles. The highest BCUT2D eigenvalue weighted by Crippen LogP contribution is 2.11. The molecule has 0 radical (unpaired) electrons. The number of nitrogens with zero attached hydrogens (tertiary/aromatic N) is 1. The number of nitrogens with two attached hydrogens (primary N) is 1. The number of hydrogen-bond donors (Lipinski definition) is 1. The molecule has 1 rings (SSSR count). The summed E-state index contributed by atoms with van der Waals surface area (Å²) < 4.78 is 5.58. The van der Waals surface area contributed by atoms with Gasteiger partial charge in [-0.3, -0.25) is 4.98 Å². The molecule has 0 bridgehead atoms. The molecular weight excluding hydrogens is 200 g/mol. The maximum atomic E-state index is 5.70. The first kappa shape index (κ1) is 13.0. The summed E-state index contributed by atoms with van der Waals surface area (Å²) in [4.78, 5) is 4.31. The molecule has 0 fully saturated rings. The lowest BCUT2D eigenvalue weighted by atomic mass is 10.1. The molecule has 90 valence electrons. The molecule has 2 N–H and O–H groups in total.